The predicted molar refractivity (Wildman–Crippen MR) is 79.2 cm³/mol. The van der Waals surface area contributed by atoms with Gasteiger partial charge in [-0.25, -0.2) is 13.1 Å². The van der Waals surface area contributed by atoms with Crippen molar-refractivity contribution in [2.24, 2.45) is 0 Å². The van der Waals surface area contributed by atoms with Crippen LogP contribution in [0.2, 0.25) is 0 Å². The number of aliphatic hydroxyl groups is 1. The van der Waals surface area contributed by atoms with Crippen LogP contribution >= 0.6 is 0 Å². The van der Waals surface area contributed by atoms with Crippen molar-refractivity contribution in [1.29, 1.82) is 0 Å². The molecule has 0 saturated carbocycles. The Morgan fingerprint density at radius 3 is 2.24 bits per heavy atom. The van der Waals surface area contributed by atoms with E-state index >= 15 is 0 Å². The van der Waals surface area contributed by atoms with Gasteiger partial charge in [0, 0.05) is 11.6 Å². The van der Waals surface area contributed by atoms with Gasteiger partial charge >= 0.3 is 0 Å². The van der Waals surface area contributed by atoms with Gasteiger partial charge in [0.25, 0.3) is 5.69 Å². The molecule has 7 nitrogen and oxygen atoms in total. The van der Waals surface area contributed by atoms with Crippen molar-refractivity contribution in [3.05, 3.63) is 39.9 Å². The quantitative estimate of drug-likeness (QED) is 0.611. The first-order valence-electron chi connectivity index (χ1n) is 6.32. The fourth-order valence-corrected chi connectivity index (χ4v) is 3.32. The first-order chi connectivity index (χ1) is 9.36. The molecule has 0 amide bonds. The third-order valence-corrected chi connectivity index (χ3v) is 4.99. The molecular formula is C13H20N2O5S. The summed E-state index contributed by atoms with van der Waals surface area (Å²) >= 11 is 0. The molecule has 0 aliphatic carbocycles. The molecular weight excluding hydrogens is 296 g/mol. The molecule has 1 aromatic rings. The lowest BCUT2D eigenvalue weighted by Gasteiger charge is -2.37. The maximum absolute atomic E-state index is 12.2. The summed E-state index contributed by atoms with van der Waals surface area (Å²) in [5, 5.41) is 20.9. The molecule has 0 aromatic heterocycles. The SMILES string of the molecule is CC(C)(O)C(C)(C)NS(=O)(=O)Cc1ccccc1[N+](=O)[O-]. The molecule has 118 valence electrons. The summed E-state index contributed by atoms with van der Waals surface area (Å²) in [7, 11) is -3.85. The van der Waals surface area contributed by atoms with Gasteiger partial charge in [-0.15, -0.1) is 0 Å². The van der Waals surface area contributed by atoms with Crippen LogP contribution in [-0.2, 0) is 15.8 Å². The van der Waals surface area contributed by atoms with E-state index in [1.165, 1.54) is 32.0 Å². The Bertz CT molecular complexity index is 632. The summed E-state index contributed by atoms with van der Waals surface area (Å²) in [6.07, 6.45) is 0. The van der Waals surface area contributed by atoms with Gasteiger partial charge in [0.15, 0.2) is 0 Å². The van der Waals surface area contributed by atoms with Crippen molar-refractivity contribution in [2.75, 3.05) is 0 Å². The van der Waals surface area contributed by atoms with Gasteiger partial charge in [-0.2, -0.15) is 0 Å². The minimum Gasteiger partial charge on any atom is -0.389 e. The average molecular weight is 316 g/mol. The Labute approximate surface area is 124 Å². The lowest BCUT2D eigenvalue weighted by Crippen LogP contribution is -2.57. The highest BCUT2D eigenvalue weighted by Gasteiger charge is 2.38. The molecule has 0 heterocycles. The van der Waals surface area contributed by atoms with E-state index in [0.717, 1.165) is 0 Å². The normalized spacial score (nSPS) is 13.2. The highest BCUT2D eigenvalue weighted by molar-refractivity contribution is 7.88. The number of hydrogen-bond acceptors (Lipinski definition) is 5. The molecule has 0 radical (unpaired) electrons. The molecule has 8 heteroatoms. The number of nitrogens with one attached hydrogen (secondary N) is 1. The topological polar surface area (TPSA) is 110 Å². The van der Waals surface area contributed by atoms with Crippen molar-refractivity contribution in [3.8, 4) is 0 Å². The van der Waals surface area contributed by atoms with E-state index in [1.807, 2.05) is 0 Å². The van der Waals surface area contributed by atoms with Gasteiger partial charge in [-0.05, 0) is 27.7 Å². The predicted octanol–water partition coefficient (Wildman–Crippen LogP) is 1.56. The van der Waals surface area contributed by atoms with Crippen LogP contribution in [-0.4, -0.2) is 29.6 Å². The van der Waals surface area contributed by atoms with E-state index in [2.05, 4.69) is 4.72 Å². The molecule has 1 rings (SSSR count). The summed E-state index contributed by atoms with van der Waals surface area (Å²) in [4.78, 5) is 10.3. The summed E-state index contributed by atoms with van der Waals surface area (Å²) < 4.78 is 26.8. The van der Waals surface area contributed by atoms with E-state index < -0.39 is 31.8 Å². The zero-order valence-corrected chi connectivity index (χ0v) is 13.3. The number of nitro groups is 1. The molecule has 0 fully saturated rings. The van der Waals surface area contributed by atoms with Crippen molar-refractivity contribution in [2.45, 2.75) is 44.6 Å². The number of para-hydroxylation sites is 1. The second-order valence-corrected chi connectivity index (χ2v) is 7.65. The Morgan fingerprint density at radius 2 is 1.76 bits per heavy atom. The van der Waals surface area contributed by atoms with Gasteiger partial charge in [0.2, 0.25) is 10.0 Å². The second-order valence-electron chi connectivity index (χ2n) is 5.93. The maximum Gasteiger partial charge on any atom is 0.273 e. The fraction of sp³-hybridized carbons (Fsp3) is 0.538. The highest BCUT2D eigenvalue weighted by Crippen LogP contribution is 2.24. The number of rotatable bonds is 6. The molecule has 0 aliphatic heterocycles. The Kier molecular flexibility index (Phi) is 4.76. The number of nitrogens with zero attached hydrogens (tertiary/aromatic N) is 1. The summed E-state index contributed by atoms with van der Waals surface area (Å²) in [5.41, 5.74) is -2.55. The van der Waals surface area contributed by atoms with E-state index in [9.17, 15) is 23.6 Å². The van der Waals surface area contributed by atoms with Crippen LogP contribution in [0.5, 0.6) is 0 Å². The molecule has 0 bridgehead atoms. The Morgan fingerprint density at radius 1 is 1.24 bits per heavy atom. The summed E-state index contributed by atoms with van der Waals surface area (Å²) in [5.74, 6) is -0.524. The van der Waals surface area contributed by atoms with Crippen LogP contribution in [0.25, 0.3) is 0 Å². The van der Waals surface area contributed by atoms with E-state index in [-0.39, 0.29) is 11.3 Å². The van der Waals surface area contributed by atoms with Crippen LogP contribution in [0, 0.1) is 10.1 Å². The zero-order valence-electron chi connectivity index (χ0n) is 12.5. The zero-order chi connectivity index (χ0) is 16.5. The lowest BCUT2D eigenvalue weighted by molar-refractivity contribution is -0.385. The maximum atomic E-state index is 12.2. The first-order valence-corrected chi connectivity index (χ1v) is 7.97. The molecule has 21 heavy (non-hydrogen) atoms. The minimum absolute atomic E-state index is 0.0987. The van der Waals surface area contributed by atoms with Crippen molar-refractivity contribution in [1.82, 2.24) is 4.72 Å². The van der Waals surface area contributed by atoms with Gasteiger partial charge in [0.05, 0.1) is 21.8 Å². The lowest BCUT2D eigenvalue weighted by atomic mass is 9.87. The Balaban J connectivity index is 3.05. The number of nitro benzene ring substituents is 1. The number of sulfonamides is 1. The number of benzene rings is 1. The monoisotopic (exact) mass is 316 g/mol. The molecule has 0 atom stereocenters. The largest absolute Gasteiger partial charge is 0.389 e. The van der Waals surface area contributed by atoms with Crippen LogP contribution < -0.4 is 4.72 Å². The average Bonchev–Trinajstić information content (AvgIpc) is 2.25. The Hall–Kier alpha value is -1.51. The van der Waals surface area contributed by atoms with Crippen LogP contribution in [0.15, 0.2) is 24.3 Å². The molecule has 2 N–H and O–H groups in total. The van der Waals surface area contributed by atoms with Gasteiger partial charge in [-0.1, -0.05) is 18.2 Å². The second kappa shape index (κ2) is 5.70. The number of hydrogen-bond donors (Lipinski definition) is 2. The molecule has 0 saturated heterocycles. The van der Waals surface area contributed by atoms with Crippen LogP contribution in [0.4, 0.5) is 5.69 Å². The van der Waals surface area contributed by atoms with Gasteiger partial charge in [-0.3, -0.25) is 10.1 Å². The third kappa shape index (κ3) is 4.48. The van der Waals surface area contributed by atoms with Gasteiger partial charge < -0.3 is 5.11 Å². The van der Waals surface area contributed by atoms with Crippen LogP contribution in [0.3, 0.4) is 0 Å². The van der Waals surface area contributed by atoms with Crippen molar-refractivity contribution in [3.63, 3.8) is 0 Å². The molecule has 1 aromatic carbocycles. The summed E-state index contributed by atoms with van der Waals surface area (Å²) in [6.45, 7) is 6.06. The van der Waals surface area contributed by atoms with Crippen molar-refractivity contribution >= 4 is 15.7 Å². The summed E-state index contributed by atoms with van der Waals surface area (Å²) in [6, 6.07) is 5.67. The standard InChI is InChI=1S/C13H20N2O5S/c1-12(2,13(3,4)16)14-21(19,20)9-10-7-5-6-8-11(10)15(17)18/h5-8,14,16H,9H2,1-4H3. The van der Waals surface area contributed by atoms with Crippen molar-refractivity contribution < 1.29 is 18.4 Å². The molecule has 0 spiro atoms. The van der Waals surface area contributed by atoms with Crippen LogP contribution in [0.1, 0.15) is 33.3 Å². The molecule has 0 unspecified atom stereocenters. The minimum atomic E-state index is -3.85. The van der Waals surface area contributed by atoms with E-state index in [4.69, 9.17) is 0 Å². The smallest absolute Gasteiger partial charge is 0.273 e. The fourth-order valence-electron chi connectivity index (χ4n) is 1.57. The first kappa shape index (κ1) is 17.5. The molecule has 0 aliphatic rings. The third-order valence-electron chi connectivity index (χ3n) is 3.47. The van der Waals surface area contributed by atoms with E-state index in [0.29, 0.717) is 0 Å². The highest BCUT2D eigenvalue weighted by atomic mass is 32.2. The van der Waals surface area contributed by atoms with Gasteiger partial charge in [0.1, 0.15) is 0 Å². The van der Waals surface area contributed by atoms with E-state index in [1.54, 1.807) is 19.9 Å².